The highest BCUT2D eigenvalue weighted by Gasteiger charge is 2.06. The van der Waals surface area contributed by atoms with E-state index in [0.717, 1.165) is 5.56 Å². The molecule has 2 aromatic rings. The molecule has 2 rings (SSSR count). The van der Waals surface area contributed by atoms with Gasteiger partial charge >= 0.3 is 0 Å². The molecule has 0 saturated heterocycles. The minimum absolute atomic E-state index is 0.150. The Morgan fingerprint density at radius 2 is 2.04 bits per heavy atom. The highest BCUT2D eigenvalue weighted by Crippen LogP contribution is 2.28. The van der Waals surface area contributed by atoms with Crippen molar-refractivity contribution in [2.24, 2.45) is 5.10 Å². The third kappa shape index (κ3) is 5.58. The molecule has 2 aromatic carbocycles. The molecular weight excluding hydrogens is 384 g/mol. The number of carbonyl (C=O) groups is 1. The molecule has 0 fully saturated rings. The number of nitrogens with zero attached hydrogens (tertiary/aromatic N) is 1. The number of rotatable bonds is 6. The third-order valence-electron chi connectivity index (χ3n) is 2.77. The summed E-state index contributed by atoms with van der Waals surface area (Å²) in [4.78, 5) is 11.7. The Morgan fingerprint density at radius 3 is 2.70 bits per heavy atom. The first kappa shape index (κ1) is 17.3. The Bertz CT molecular complexity index is 705. The van der Waals surface area contributed by atoms with Crippen molar-refractivity contribution in [3.8, 4) is 11.5 Å². The number of ether oxygens (including phenoxy) is 2. The standard InChI is InChI=1S/C16H14BrClN2O3/c1-22-13-6-7-15(14(17)8-13)23-10-16(21)20-19-9-11-2-4-12(18)5-3-11/h2-9H,10H2,1H3,(H,20,21)/b19-9-. The minimum atomic E-state index is -0.363. The van der Waals surface area contributed by atoms with Crippen molar-refractivity contribution < 1.29 is 14.3 Å². The first-order chi connectivity index (χ1) is 11.1. The topological polar surface area (TPSA) is 59.9 Å². The van der Waals surface area contributed by atoms with Crippen LogP contribution in [-0.2, 0) is 4.79 Å². The summed E-state index contributed by atoms with van der Waals surface area (Å²) in [7, 11) is 1.58. The number of hydrogen-bond donors (Lipinski definition) is 1. The van der Waals surface area contributed by atoms with Gasteiger partial charge in [0.25, 0.3) is 5.91 Å². The van der Waals surface area contributed by atoms with Gasteiger partial charge in [0.05, 0.1) is 17.8 Å². The van der Waals surface area contributed by atoms with E-state index in [2.05, 4.69) is 26.5 Å². The highest BCUT2D eigenvalue weighted by molar-refractivity contribution is 9.10. The molecule has 0 aromatic heterocycles. The van der Waals surface area contributed by atoms with Crippen LogP contribution < -0.4 is 14.9 Å². The summed E-state index contributed by atoms with van der Waals surface area (Å²) < 4.78 is 11.2. The monoisotopic (exact) mass is 396 g/mol. The van der Waals surface area contributed by atoms with E-state index < -0.39 is 0 Å². The minimum Gasteiger partial charge on any atom is -0.497 e. The zero-order valence-electron chi connectivity index (χ0n) is 12.3. The summed E-state index contributed by atoms with van der Waals surface area (Å²) in [6.07, 6.45) is 1.53. The van der Waals surface area contributed by atoms with Crippen molar-refractivity contribution in [2.75, 3.05) is 13.7 Å². The van der Waals surface area contributed by atoms with Crippen molar-refractivity contribution in [1.82, 2.24) is 5.43 Å². The van der Waals surface area contributed by atoms with Gasteiger partial charge in [-0.2, -0.15) is 5.10 Å². The summed E-state index contributed by atoms with van der Waals surface area (Å²) in [6.45, 7) is -0.150. The number of hydrogen-bond acceptors (Lipinski definition) is 4. The maximum atomic E-state index is 11.7. The van der Waals surface area contributed by atoms with Gasteiger partial charge in [0.15, 0.2) is 6.61 Å². The maximum absolute atomic E-state index is 11.7. The number of nitrogens with one attached hydrogen (secondary N) is 1. The molecule has 0 saturated carbocycles. The number of hydrazone groups is 1. The van der Waals surface area contributed by atoms with Crippen molar-refractivity contribution in [2.45, 2.75) is 0 Å². The van der Waals surface area contributed by atoms with Crippen LogP contribution in [-0.4, -0.2) is 25.8 Å². The second kappa shape index (κ2) is 8.55. The van der Waals surface area contributed by atoms with Gasteiger partial charge in [-0.1, -0.05) is 23.7 Å². The van der Waals surface area contributed by atoms with Gasteiger partial charge in [-0.3, -0.25) is 4.79 Å². The first-order valence-corrected chi connectivity index (χ1v) is 7.79. The molecule has 1 amide bonds. The normalized spacial score (nSPS) is 10.6. The van der Waals surface area contributed by atoms with Gasteiger partial charge in [0.1, 0.15) is 11.5 Å². The number of halogens is 2. The first-order valence-electron chi connectivity index (χ1n) is 6.62. The van der Waals surface area contributed by atoms with Gasteiger partial charge in [-0.15, -0.1) is 0 Å². The Balaban J connectivity index is 1.82. The van der Waals surface area contributed by atoms with Crippen molar-refractivity contribution in [3.05, 3.63) is 57.5 Å². The van der Waals surface area contributed by atoms with Crippen LogP contribution >= 0.6 is 27.5 Å². The SMILES string of the molecule is COc1ccc(OCC(=O)N/N=C\c2ccc(Cl)cc2)c(Br)c1. The predicted octanol–water partition coefficient (Wildman–Crippen LogP) is 3.64. The van der Waals surface area contributed by atoms with Crippen LogP contribution in [0.4, 0.5) is 0 Å². The maximum Gasteiger partial charge on any atom is 0.277 e. The smallest absolute Gasteiger partial charge is 0.277 e. The van der Waals surface area contributed by atoms with Crippen LogP contribution in [0, 0.1) is 0 Å². The highest BCUT2D eigenvalue weighted by atomic mass is 79.9. The quantitative estimate of drug-likeness (QED) is 0.598. The lowest BCUT2D eigenvalue weighted by Gasteiger charge is -2.08. The number of benzene rings is 2. The number of carbonyl (C=O) groups excluding carboxylic acids is 1. The summed E-state index contributed by atoms with van der Waals surface area (Å²) in [6, 6.07) is 12.3. The molecule has 0 aliphatic rings. The summed E-state index contributed by atoms with van der Waals surface area (Å²) in [5.41, 5.74) is 3.22. The van der Waals surface area contributed by atoms with Gasteiger partial charge < -0.3 is 9.47 Å². The van der Waals surface area contributed by atoms with Crippen LogP contribution in [0.15, 0.2) is 52.0 Å². The fourth-order valence-corrected chi connectivity index (χ4v) is 2.23. The molecule has 0 spiro atoms. The van der Waals surface area contributed by atoms with Crippen molar-refractivity contribution in [1.29, 1.82) is 0 Å². The van der Waals surface area contributed by atoms with E-state index in [-0.39, 0.29) is 12.5 Å². The average Bonchev–Trinajstić information content (AvgIpc) is 2.55. The molecule has 5 nitrogen and oxygen atoms in total. The summed E-state index contributed by atoms with van der Waals surface area (Å²) >= 11 is 9.13. The molecule has 0 atom stereocenters. The lowest BCUT2D eigenvalue weighted by atomic mass is 10.2. The average molecular weight is 398 g/mol. The van der Waals surface area contributed by atoms with Crippen LogP contribution in [0.1, 0.15) is 5.56 Å². The van der Waals surface area contributed by atoms with Crippen molar-refractivity contribution >= 4 is 39.7 Å². The molecule has 0 heterocycles. The number of amides is 1. The van der Waals surface area contributed by atoms with E-state index in [0.29, 0.717) is 21.0 Å². The van der Waals surface area contributed by atoms with Crippen LogP contribution in [0.3, 0.4) is 0 Å². The second-order valence-corrected chi connectivity index (χ2v) is 5.72. The predicted molar refractivity (Wildman–Crippen MR) is 93.4 cm³/mol. The molecule has 0 bridgehead atoms. The van der Waals surface area contributed by atoms with Crippen LogP contribution in [0.5, 0.6) is 11.5 Å². The van der Waals surface area contributed by atoms with Gasteiger partial charge in [-0.25, -0.2) is 5.43 Å². The molecule has 0 radical (unpaired) electrons. The van der Waals surface area contributed by atoms with E-state index in [4.69, 9.17) is 21.1 Å². The fourth-order valence-electron chi connectivity index (χ4n) is 1.63. The van der Waals surface area contributed by atoms with E-state index >= 15 is 0 Å². The largest absolute Gasteiger partial charge is 0.497 e. The number of methoxy groups -OCH3 is 1. The van der Waals surface area contributed by atoms with Gasteiger partial charge in [-0.05, 0) is 51.8 Å². The van der Waals surface area contributed by atoms with Crippen LogP contribution in [0.25, 0.3) is 0 Å². The van der Waals surface area contributed by atoms with Gasteiger partial charge in [0, 0.05) is 5.02 Å². The molecule has 0 unspecified atom stereocenters. The molecule has 23 heavy (non-hydrogen) atoms. The molecule has 7 heteroatoms. The molecule has 1 N–H and O–H groups in total. The Labute approximate surface area is 147 Å². The summed E-state index contributed by atoms with van der Waals surface area (Å²) in [5.74, 6) is 0.877. The van der Waals surface area contributed by atoms with Gasteiger partial charge in [0.2, 0.25) is 0 Å². The zero-order valence-corrected chi connectivity index (χ0v) is 14.6. The zero-order chi connectivity index (χ0) is 16.7. The fraction of sp³-hybridized carbons (Fsp3) is 0.125. The van der Waals surface area contributed by atoms with E-state index in [1.165, 1.54) is 6.21 Å². The lowest BCUT2D eigenvalue weighted by molar-refractivity contribution is -0.123. The second-order valence-electron chi connectivity index (χ2n) is 4.43. The lowest BCUT2D eigenvalue weighted by Crippen LogP contribution is -2.24. The molecule has 0 aliphatic carbocycles. The summed E-state index contributed by atoms with van der Waals surface area (Å²) in [5, 5.41) is 4.50. The Hall–Kier alpha value is -2.05. The van der Waals surface area contributed by atoms with E-state index in [1.54, 1.807) is 49.6 Å². The third-order valence-corrected chi connectivity index (χ3v) is 3.64. The molecule has 120 valence electrons. The van der Waals surface area contributed by atoms with E-state index in [9.17, 15) is 4.79 Å². The Kier molecular flexibility index (Phi) is 6.43. The molecule has 0 aliphatic heterocycles. The van der Waals surface area contributed by atoms with Crippen LogP contribution in [0.2, 0.25) is 5.02 Å². The Morgan fingerprint density at radius 1 is 1.30 bits per heavy atom. The van der Waals surface area contributed by atoms with E-state index in [1.807, 2.05) is 0 Å². The molecular formula is C16H14BrClN2O3. The van der Waals surface area contributed by atoms with Crippen molar-refractivity contribution in [3.63, 3.8) is 0 Å².